The van der Waals surface area contributed by atoms with Gasteiger partial charge in [-0.3, -0.25) is 0 Å². The van der Waals surface area contributed by atoms with Gasteiger partial charge in [-0.05, 0) is 31.9 Å². The summed E-state index contributed by atoms with van der Waals surface area (Å²) in [6.07, 6.45) is 2.29. The van der Waals surface area contributed by atoms with Crippen LogP contribution < -0.4 is 5.73 Å². The first-order chi connectivity index (χ1) is 8.22. The molecule has 1 saturated carbocycles. The number of aromatic nitrogens is 4. The smallest absolute Gasteiger partial charge is 0.223 e. The van der Waals surface area contributed by atoms with Crippen molar-refractivity contribution in [1.82, 2.24) is 19.9 Å². The Morgan fingerprint density at radius 3 is 2.65 bits per heavy atom. The number of pyridine rings is 1. The van der Waals surface area contributed by atoms with E-state index in [9.17, 15) is 0 Å². The van der Waals surface area contributed by atoms with Crippen LogP contribution >= 0.6 is 0 Å². The molecule has 3 rings (SSSR count). The Bertz CT molecular complexity index is 563. The number of aryl methyl sites for hydroxylation is 1. The Labute approximate surface area is 99.2 Å². The van der Waals surface area contributed by atoms with Gasteiger partial charge in [-0.25, -0.2) is 9.97 Å². The molecular formula is C12H13N5. The van der Waals surface area contributed by atoms with E-state index in [4.69, 9.17) is 5.73 Å². The van der Waals surface area contributed by atoms with Crippen LogP contribution in [-0.2, 0) is 0 Å². The molecule has 0 saturated heterocycles. The monoisotopic (exact) mass is 227 g/mol. The van der Waals surface area contributed by atoms with Crippen LogP contribution in [-0.4, -0.2) is 19.9 Å². The van der Waals surface area contributed by atoms with E-state index in [2.05, 4.69) is 19.9 Å². The Kier molecular flexibility index (Phi) is 2.24. The lowest BCUT2D eigenvalue weighted by atomic mass is 10.3. The molecule has 0 atom stereocenters. The van der Waals surface area contributed by atoms with Gasteiger partial charge in [-0.2, -0.15) is 9.97 Å². The molecule has 0 amide bonds. The Hall–Kier alpha value is -2.04. The van der Waals surface area contributed by atoms with Gasteiger partial charge in [-0.15, -0.1) is 0 Å². The lowest BCUT2D eigenvalue weighted by molar-refractivity contribution is 0.897. The van der Waals surface area contributed by atoms with E-state index in [0.29, 0.717) is 11.7 Å². The molecule has 2 heterocycles. The molecule has 17 heavy (non-hydrogen) atoms. The van der Waals surface area contributed by atoms with Gasteiger partial charge in [0.25, 0.3) is 0 Å². The molecule has 86 valence electrons. The summed E-state index contributed by atoms with van der Waals surface area (Å²) >= 11 is 0. The van der Waals surface area contributed by atoms with E-state index in [-0.39, 0.29) is 5.95 Å². The molecule has 0 radical (unpaired) electrons. The third-order valence-corrected chi connectivity index (χ3v) is 2.73. The van der Waals surface area contributed by atoms with E-state index in [0.717, 1.165) is 30.1 Å². The Balaban J connectivity index is 2.07. The number of hydrogen-bond donors (Lipinski definition) is 1. The minimum absolute atomic E-state index is 0.278. The summed E-state index contributed by atoms with van der Waals surface area (Å²) in [7, 11) is 0. The molecule has 2 aromatic rings. The first-order valence-corrected chi connectivity index (χ1v) is 5.68. The maximum atomic E-state index is 5.71. The normalized spacial score (nSPS) is 14.9. The maximum Gasteiger partial charge on any atom is 0.223 e. The fourth-order valence-corrected chi connectivity index (χ4v) is 1.72. The highest BCUT2D eigenvalue weighted by atomic mass is 15.1. The van der Waals surface area contributed by atoms with Gasteiger partial charge in [0, 0.05) is 11.6 Å². The van der Waals surface area contributed by atoms with E-state index in [1.807, 2.05) is 25.1 Å². The zero-order valence-corrected chi connectivity index (χ0v) is 9.59. The van der Waals surface area contributed by atoms with Crippen molar-refractivity contribution in [1.29, 1.82) is 0 Å². The van der Waals surface area contributed by atoms with Crippen molar-refractivity contribution in [3.8, 4) is 11.5 Å². The summed E-state index contributed by atoms with van der Waals surface area (Å²) in [4.78, 5) is 17.2. The number of anilines is 1. The second-order valence-electron chi connectivity index (χ2n) is 4.31. The lowest BCUT2D eigenvalue weighted by Gasteiger charge is -2.04. The number of hydrogen-bond acceptors (Lipinski definition) is 5. The van der Waals surface area contributed by atoms with Crippen LogP contribution in [0.25, 0.3) is 11.5 Å². The second kappa shape index (κ2) is 3.76. The van der Waals surface area contributed by atoms with Crippen LogP contribution in [0, 0.1) is 6.92 Å². The summed E-state index contributed by atoms with van der Waals surface area (Å²) in [5.41, 5.74) is 7.40. The molecular weight excluding hydrogens is 214 g/mol. The topological polar surface area (TPSA) is 77.6 Å². The van der Waals surface area contributed by atoms with Crippen molar-refractivity contribution in [2.75, 3.05) is 5.73 Å². The number of rotatable bonds is 2. The SMILES string of the molecule is Cc1cccc(-c2nc(N)nc(C3CC3)n2)n1. The molecule has 0 aromatic carbocycles. The van der Waals surface area contributed by atoms with Crippen LogP contribution in [0.3, 0.4) is 0 Å². The highest BCUT2D eigenvalue weighted by Crippen LogP contribution is 2.38. The minimum Gasteiger partial charge on any atom is -0.368 e. The van der Waals surface area contributed by atoms with Crippen molar-refractivity contribution in [2.45, 2.75) is 25.7 Å². The molecule has 0 aliphatic heterocycles. The maximum absolute atomic E-state index is 5.71. The highest BCUT2D eigenvalue weighted by Gasteiger charge is 2.27. The molecule has 0 unspecified atom stereocenters. The predicted molar refractivity (Wildman–Crippen MR) is 64.2 cm³/mol. The fraction of sp³-hybridized carbons (Fsp3) is 0.333. The standard InChI is InChI=1S/C12H13N5/c1-7-3-2-4-9(14-7)11-15-10(8-5-6-8)16-12(13)17-11/h2-4,8H,5-6H2,1H3,(H2,13,15,16,17). The summed E-state index contributed by atoms with van der Waals surface area (Å²) < 4.78 is 0. The largest absolute Gasteiger partial charge is 0.368 e. The molecule has 0 bridgehead atoms. The molecule has 1 aliphatic rings. The van der Waals surface area contributed by atoms with Gasteiger partial charge in [-0.1, -0.05) is 6.07 Å². The van der Waals surface area contributed by atoms with Gasteiger partial charge >= 0.3 is 0 Å². The van der Waals surface area contributed by atoms with Crippen LogP contribution in [0.1, 0.15) is 30.3 Å². The molecule has 2 N–H and O–H groups in total. The van der Waals surface area contributed by atoms with Gasteiger partial charge in [0.15, 0.2) is 5.82 Å². The van der Waals surface area contributed by atoms with Crippen molar-refractivity contribution in [3.05, 3.63) is 29.7 Å². The highest BCUT2D eigenvalue weighted by molar-refractivity contribution is 5.50. The first kappa shape index (κ1) is 10.1. The Morgan fingerprint density at radius 2 is 1.94 bits per heavy atom. The lowest BCUT2D eigenvalue weighted by Crippen LogP contribution is -2.05. The average Bonchev–Trinajstić information content (AvgIpc) is 3.12. The third kappa shape index (κ3) is 2.08. The van der Waals surface area contributed by atoms with Gasteiger partial charge < -0.3 is 5.73 Å². The van der Waals surface area contributed by atoms with Gasteiger partial charge in [0.2, 0.25) is 5.95 Å². The number of nitrogens with two attached hydrogens (primary N) is 1. The fourth-order valence-electron chi connectivity index (χ4n) is 1.72. The van der Waals surface area contributed by atoms with Gasteiger partial charge in [0.05, 0.1) is 0 Å². The van der Waals surface area contributed by atoms with Crippen molar-refractivity contribution in [3.63, 3.8) is 0 Å². The first-order valence-electron chi connectivity index (χ1n) is 5.68. The second-order valence-corrected chi connectivity index (χ2v) is 4.31. The van der Waals surface area contributed by atoms with E-state index < -0.39 is 0 Å². The van der Waals surface area contributed by atoms with Crippen LogP contribution in [0.15, 0.2) is 18.2 Å². The molecule has 1 fully saturated rings. The molecule has 5 heteroatoms. The van der Waals surface area contributed by atoms with E-state index >= 15 is 0 Å². The van der Waals surface area contributed by atoms with E-state index in [1.165, 1.54) is 0 Å². The van der Waals surface area contributed by atoms with Crippen LogP contribution in [0.2, 0.25) is 0 Å². The number of nitrogens with zero attached hydrogens (tertiary/aromatic N) is 4. The van der Waals surface area contributed by atoms with Gasteiger partial charge in [0.1, 0.15) is 11.5 Å². The minimum atomic E-state index is 0.278. The third-order valence-electron chi connectivity index (χ3n) is 2.73. The summed E-state index contributed by atoms with van der Waals surface area (Å²) in [5.74, 6) is 2.11. The summed E-state index contributed by atoms with van der Waals surface area (Å²) in [6.45, 7) is 1.94. The zero-order valence-electron chi connectivity index (χ0n) is 9.59. The summed E-state index contributed by atoms with van der Waals surface area (Å²) in [5, 5.41) is 0. The number of nitrogen functional groups attached to an aromatic ring is 1. The van der Waals surface area contributed by atoms with E-state index in [1.54, 1.807) is 0 Å². The predicted octanol–water partition coefficient (Wildman–Crippen LogP) is 1.70. The van der Waals surface area contributed by atoms with Crippen LogP contribution in [0.5, 0.6) is 0 Å². The summed E-state index contributed by atoms with van der Waals surface area (Å²) in [6, 6.07) is 5.77. The molecule has 1 aliphatic carbocycles. The molecule has 2 aromatic heterocycles. The Morgan fingerprint density at radius 1 is 1.12 bits per heavy atom. The average molecular weight is 227 g/mol. The quantitative estimate of drug-likeness (QED) is 0.844. The van der Waals surface area contributed by atoms with Crippen molar-refractivity contribution >= 4 is 5.95 Å². The molecule has 5 nitrogen and oxygen atoms in total. The molecule has 0 spiro atoms. The van der Waals surface area contributed by atoms with Crippen molar-refractivity contribution in [2.24, 2.45) is 0 Å². The van der Waals surface area contributed by atoms with Crippen molar-refractivity contribution < 1.29 is 0 Å². The van der Waals surface area contributed by atoms with Crippen LogP contribution in [0.4, 0.5) is 5.95 Å². The zero-order chi connectivity index (χ0) is 11.8.